The number of amides is 1. The van der Waals surface area contributed by atoms with E-state index in [0.717, 1.165) is 25.3 Å². The van der Waals surface area contributed by atoms with Crippen LogP contribution in [0.1, 0.15) is 47.6 Å². The third-order valence-corrected chi connectivity index (χ3v) is 4.89. The molecule has 2 aromatic heterocycles. The maximum atomic E-state index is 12.9. The van der Waals surface area contributed by atoms with E-state index in [0.29, 0.717) is 24.8 Å². The maximum Gasteiger partial charge on any atom is 0.290 e. The van der Waals surface area contributed by atoms with Crippen molar-refractivity contribution in [3.63, 3.8) is 0 Å². The first-order valence-electron chi connectivity index (χ1n) is 8.74. The van der Waals surface area contributed by atoms with Crippen molar-refractivity contribution in [3.05, 3.63) is 41.6 Å². The standard InChI is InChI=1S/C18H23N3O3/c1-2-21-17-14(10-19-21)7-8-20(18(22)16-4-3-9-24-16)15(17)12-23-11-13-5-6-13/h3-4,9-10,13,15H,2,5-8,11-12H2,1H3/t15-/m1/s1. The van der Waals surface area contributed by atoms with Crippen molar-refractivity contribution in [2.45, 2.75) is 38.8 Å². The largest absolute Gasteiger partial charge is 0.459 e. The second-order valence-electron chi connectivity index (χ2n) is 6.59. The number of hydrogen-bond acceptors (Lipinski definition) is 4. The topological polar surface area (TPSA) is 60.5 Å². The quantitative estimate of drug-likeness (QED) is 0.817. The molecular weight excluding hydrogens is 306 g/mol. The third-order valence-electron chi connectivity index (χ3n) is 4.89. The number of carbonyl (C=O) groups excluding carboxylic acids is 1. The van der Waals surface area contributed by atoms with Gasteiger partial charge in [-0.3, -0.25) is 9.48 Å². The summed E-state index contributed by atoms with van der Waals surface area (Å²) in [6.45, 7) is 4.83. The molecule has 24 heavy (non-hydrogen) atoms. The van der Waals surface area contributed by atoms with E-state index in [2.05, 4.69) is 12.0 Å². The number of nitrogens with zero attached hydrogens (tertiary/aromatic N) is 3. The Labute approximate surface area is 141 Å². The Morgan fingerprint density at radius 3 is 3.00 bits per heavy atom. The van der Waals surface area contributed by atoms with Gasteiger partial charge in [-0.2, -0.15) is 5.10 Å². The molecule has 2 aromatic rings. The number of furan rings is 1. The first-order chi connectivity index (χ1) is 11.8. The highest BCUT2D eigenvalue weighted by Crippen LogP contribution is 2.33. The van der Waals surface area contributed by atoms with Gasteiger partial charge in [0.1, 0.15) is 0 Å². The predicted octanol–water partition coefficient (Wildman–Crippen LogP) is 2.66. The molecule has 0 radical (unpaired) electrons. The van der Waals surface area contributed by atoms with Gasteiger partial charge in [0, 0.05) is 19.7 Å². The normalized spacial score (nSPS) is 20.2. The summed E-state index contributed by atoms with van der Waals surface area (Å²) in [5.74, 6) is 1.01. The molecule has 1 saturated carbocycles. The Hall–Kier alpha value is -2.08. The lowest BCUT2D eigenvalue weighted by Crippen LogP contribution is -2.42. The summed E-state index contributed by atoms with van der Waals surface area (Å²) in [7, 11) is 0. The molecule has 1 aliphatic carbocycles. The highest BCUT2D eigenvalue weighted by Gasteiger charge is 2.35. The molecule has 128 valence electrons. The Balaban J connectivity index is 1.60. The molecule has 4 rings (SSSR count). The van der Waals surface area contributed by atoms with Crippen LogP contribution in [0, 0.1) is 5.92 Å². The van der Waals surface area contributed by atoms with Crippen LogP contribution in [0.15, 0.2) is 29.0 Å². The van der Waals surface area contributed by atoms with Crippen LogP contribution in [0.3, 0.4) is 0 Å². The molecule has 1 fully saturated rings. The van der Waals surface area contributed by atoms with Crippen LogP contribution < -0.4 is 0 Å². The number of hydrogen-bond donors (Lipinski definition) is 0. The van der Waals surface area contributed by atoms with Crippen molar-refractivity contribution in [1.29, 1.82) is 0 Å². The van der Waals surface area contributed by atoms with E-state index in [4.69, 9.17) is 9.15 Å². The van der Waals surface area contributed by atoms with E-state index in [1.807, 2.05) is 15.8 Å². The summed E-state index contributed by atoms with van der Waals surface area (Å²) in [5, 5.41) is 4.48. The first-order valence-corrected chi connectivity index (χ1v) is 8.74. The van der Waals surface area contributed by atoms with Gasteiger partial charge in [-0.1, -0.05) is 0 Å². The van der Waals surface area contributed by atoms with Crippen molar-refractivity contribution >= 4 is 5.91 Å². The van der Waals surface area contributed by atoms with Gasteiger partial charge in [0.05, 0.1) is 30.8 Å². The molecule has 1 amide bonds. The van der Waals surface area contributed by atoms with Gasteiger partial charge >= 0.3 is 0 Å². The SMILES string of the molecule is CCn1ncc2c1[C@@H](COCC1CC1)N(C(=O)c1ccco1)CC2. The Morgan fingerprint density at radius 1 is 1.42 bits per heavy atom. The van der Waals surface area contributed by atoms with Crippen molar-refractivity contribution in [1.82, 2.24) is 14.7 Å². The fraction of sp³-hybridized carbons (Fsp3) is 0.556. The minimum absolute atomic E-state index is 0.0745. The summed E-state index contributed by atoms with van der Waals surface area (Å²) >= 11 is 0. The van der Waals surface area contributed by atoms with E-state index < -0.39 is 0 Å². The monoisotopic (exact) mass is 329 g/mol. The van der Waals surface area contributed by atoms with Crippen LogP contribution in [-0.2, 0) is 17.7 Å². The Morgan fingerprint density at radius 2 is 2.29 bits per heavy atom. The third kappa shape index (κ3) is 2.86. The molecule has 0 N–H and O–H groups in total. The smallest absolute Gasteiger partial charge is 0.290 e. The maximum absolute atomic E-state index is 12.9. The minimum Gasteiger partial charge on any atom is -0.459 e. The zero-order valence-electron chi connectivity index (χ0n) is 14.0. The van der Waals surface area contributed by atoms with Crippen molar-refractivity contribution in [2.75, 3.05) is 19.8 Å². The lowest BCUT2D eigenvalue weighted by atomic mass is 9.99. The van der Waals surface area contributed by atoms with Gasteiger partial charge in [0.25, 0.3) is 5.91 Å². The molecule has 0 bridgehead atoms. The number of carbonyl (C=O) groups is 1. The first kappa shape index (κ1) is 15.4. The molecule has 3 heterocycles. The average Bonchev–Trinajstić information content (AvgIpc) is 3.11. The van der Waals surface area contributed by atoms with E-state index in [-0.39, 0.29) is 11.9 Å². The van der Waals surface area contributed by atoms with Gasteiger partial charge in [-0.05, 0) is 49.8 Å². The van der Waals surface area contributed by atoms with E-state index in [9.17, 15) is 4.79 Å². The van der Waals surface area contributed by atoms with Crippen LogP contribution in [0.4, 0.5) is 0 Å². The number of fused-ring (bicyclic) bond motifs is 1. The molecule has 0 aromatic carbocycles. The zero-order chi connectivity index (χ0) is 16.5. The fourth-order valence-corrected chi connectivity index (χ4v) is 3.39. The van der Waals surface area contributed by atoms with Crippen LogP contribution in [0.25, 0.3) is 0 Å². The summed E-state index contributed by atoms with van der Waals surface area (Å²) in [6.07, 6.45) is 6.82. The van der Waals surface area contributed by atoms with Gasteiger partial charge < -0.3 is 14.1 Å². The highest BCUT2D eigenvalue weighted by molar-refractivity contribution is 5.92. The van der Waals surface area contributed by atoms with Gasteiger partial charge in [0.15, 0.2) is 5.76 Å². The van der Waals surface area contributed by atoms with Crippen molar-refractivity contribution in [3.8, 4) is 0 Å². The summed E-state index contributed by atoms with van der Waals surface area (Å²) in [4.78, 5) is 14.7. The molecule has 1 atom stereocenters. The minimum atomic E-state index is -0.104. The number of aryl methyl sites for hydroxylation is 1. The Kier molecular flexibility index (Phi) is 4.14. The molecule has 6 heteroatoms. The van der Waals surface area contributed by atoms with Crippen LogP contribution in [0.5, 0.6) is 0 Å². The fourth-order valence-electron chi connectivity index (χ4n) is 3.39. The van der Waals surface area contributed by atoms with Crippen molar-refractivity contribution in [2.24, 2.45) is 5.92 Å². The predicted molar refractivity (Wildman–Crippen MR) is 87.6 cm³/mol. The highest BCUT2D eigenvalue weighted by atomic mass is 16.5. The molecule has 1 aliphatic heterocycles. The summed E-state index contributed by atoms with van der Waals surface area (Å²) in [5.41, 5.74) is 2.33. The number of rotatable bonds is 6. The molecule has 0 saturated heterocycles. The van der Waals surface area contributed by atoms with Crippen molar-refractivity contribution < 1.29 is 13.9 Å². The summed E-state index contributed by atoms with van der Waals surface area (Å²) < 4.78 is 13.3. The second kappa shape index (κ2) is 6.43. The molecule has 0 spiro atoms. The number of ether oxygens (including phenoxy) is 1. The lowest BCUT2D eigenvalue weighted by molar-refractivity contribution is 0.0324. The van der Waals surface area contributed by atoms with Gasteiger partial charge in [0.2, 0.25) is 0 Å². The van der Waals surface area contributed by atoms with Crippen LogP contribution >= 0.6 is 0 Å². The van der Waals surface area contributed by atoms with E-state index >= 15 is 0 Å². The van der Waals surface area contributed by atoms with Gasteiger partial charge in [-0.25, -0.2) is 0 Å². The van der Waals surface area contributed by atoms with Gasteiger partial charge in [-0.15, -0.1) is 0 Å². The Bertz CT molecular complexity index is 690. The molecule has 6 nitrogen and oxygen atoms in total. The molecular formula is C18H23N3O3. The lowest BCUT2D eigenvalue weighted by Gasteiger charge is -2.35. The number of aromatic nitrogens is 2. The average molecular weight is 329 g/mol. The molecule has 0 unspecified atom stereocenters. The second-order valence-corrected chi connectivity index (χ2v) is 6.59. The van der Waals surface area contributed by atoms with Crippen LogP contribution in [-0.4, -0.2) is 40.3 Å². The zero-order valence-corrected chi connectivity index (χ0v) is 14.0. The van der Waals surface area contributed by atoms with E-state index in [1.54, 1.807) is 12.1 Å². The van der Waals surface area contributed by atoms with E-state index in [1.165, 1.54) is 24.7 Å². The summed E-state index contributed by atoms with van der Waals surface area (Å²) in [6, 6.07) is 3.36. The van der Waals surface area contributed by atoms with Crippen LogP contribution in [0.2, 0.25) is 0 Å². The molecule has 2 aliphatic rings.